The van der Waals surface area contributed by atoms with Crippen molar-refractivity contribution in [2.24, 2.45) is 5.92 Å². The van der Waals surface area contributed by atoms with Gasteiger partial charge in [-0.15, -0.1) is 0 Å². The summed E-state index contributed by atoms with van der Waals surface area (Å²) in [4.78, 5) is 33.9. The molecule has 198 valence electrons. The molecule has 1 fully saturated rings. The number of carbonyl (C=O) groups excluding carboxylic acids is 1. The first-order chi connectivity index (χ1) is 19.6. The topological polar surface area (TPSA) is 125 Å². The highest BCUT2D eigenvalue weighted by molar-refractivity contribution is 5.98. The van der Waals surface area contributed by atoms with Crippen LogP contribution in [-0.4, -0.2) is 41.0 Å². The Balaban J connectivity index is 1.25. The first-order valence-corrected chi connectivity index (χ1v) is 13.3. The van der Waals surface area contributed by atoms with Crippen LogP contribution in [-0.2, 0) is 4.79 Å². The molecule has 0 radical (unpaired) electrons. The maximum atomic E-state index is 15.3. The van der Waals surface area contributed by atoms with E-state index in [-0.39, 0.29) is 17.3 Å². The number of H-pyrrole nitrogens is 2. The molecule has 1 aliphatic carbocycles. The highest BCUT2D eigenvalue weighted by Crippen LogP contribution is 2.34. The number of aromatic amines is 2. The number of halogens is 1. The minimum Gasteiger partial charge on any atom is -0.335 e. The van der Waals surface area contributed by atoms with Crippen molar-refractivity contribution in [3.05, 3.63) is 73.1 Å². The summed E-state index contributed by atoms with van der Waals surface area (Å²) in [6, 6.07) is 12.7. The third-order valence-corrected chi connectivity index (χ3v) is 7.50. The summed E-state index contributed by atoms with van der Waals surface area (Å²) in [5.41, 5.74) is 5.50. The first-order valence-electron chi connectivity index (χ1n) is 13.3. The molecule has 3 N–H and O–H groups in total. The average Bonchev–Trinajstić information content (AvgIpc) is 3.63. The molecule has 10 heteroatoms. The number of carbonyl (C=O) groups is 1. The van der Waals surface area contributed by atoms with Gasteiger partial charge in [0.1, 0.15) is 11.2 Å². The van der Waals surface area contributed by atoms with E-state index in [9.17, 15) is 4.79 Å². The smallest absolute Gasteiger partial charge is 0.227 e. The number of fused-ring (bicyclic) bond motifs is 2. The summed E-state index contributed by atoms with van der Waals surface area (Å²) in [5.74, 6) is 0.0451. The molecule has 6 aromatic rings. The molecule has 1 aliphatic rings. The van der Waals surface area contributed by atoms with Gasteiger partial charge in [0, 0.05) is 41.0 Å². The third kappa shape index (κ3) is 4.37. The Morgan fingerprint density at radius 1 is 0.975 bits per heavy atom. The fourth-order valence-corrected chi connectivity index (χ4v) is 5.46. The Bertz CT molecular complexity index is 1860. The zero-order chi connectivity index (χ0) is 27.1. The van der Waals surface area contributed by atoms with Crippen LogP contribution in [0.4, 0.5) is 10.1 Å². The maximum Gasteiger partial charge on any atom is 0.227 e. The molecule has 5 heterocycles. The van der Waals surface area contributed by atoms with Crippen LogP contribution in [0.1, 0.15) is 32.1 Å². The van der Waals surface area contributed by atoms with E-state index in [2.05, 4.69) is 40.4 Å². The molecule has 0 unspecified atom stereocenters. The van der Waals surface area contributed by atoms with Crippen molar-refractivity contribution in [3.63, 3.8) is 0 Å². The molecule has 0 aliphatic heterocycles. The molecule has 5 aromatic heterocycles. The summed E-state index contributed by atoms with van der Waals surface area (Å²) in [6.07, 6.45) is 11.8. The lowest BCUT2D eigenvalue weighted by Gasteiger charge is -2.20. The summed E-state index contributed by atoms with van der Waals surface area (Å²) in [7, 11) is 0. The van der Waals surface area contributed by atoms with Crippen LogP contribution in [0.2, 0.25) is 0 Å². The lowest BCUT2D eigenvalue weighted by molar-refractivity contribution is -0.120. The Morgan fingerprint density at radius 3 is 2.73 bits per heavy atom. The van der Waals surface area contributed by atoms with Crippen molar-refractivity contribution in [2.45, 2.75) is 32.1 Å². The van der Waals surface area contributed by atoms with E-state index in [4.69, 9.17) is 0 Å². The minimum absolute atomic E-state index is 0.0148. The molecule has 9 nitrogen and oxygen atoms in total. The second-order valence-corrected chi connectivity index (χ2v) is 10.1. The predicted molar refractivity (Wildman–Crippen MR) is 151 cm³/mol. The van der Waals surface area contributed by atoms with E-state index >= 15 is 4.39 Å². The summed E-state index contributed by atoms with van der Waals surface area (Å²) in [6.45, 7) is 0. The van der Waals surface area contributed by atoms with E-state index in [1.54, 1.807) is 24.8 Å². The van der Waals surface area contributed by atoms with Crippen molar-refractivity contribution in [1.29, 1.82) is 0 Å². The average molecular weight is 533 g/mol. The standard InChI is InChI=1S/C30H25FN8O/c31-23-14-18(19-12-20(16-32-15-19)35-30(40)17-6-2-1-3-7-17)13-22-25(23)38-39-27(22)29-36-26-21(9-11-34-28(26)37-29)24-8-4-5-10-33-24/h4-5,8-17H,1-3,6-7H2,(H,35,40)(H,38,39)(H,34,36,37). The van der Waals surface area contributed by atoms with Crippen LogP contribution >= 0.6 is 0 Å². The maximum absolute atomic E-state index is 15.3. The quantitative estimate of drug-likeness (QED) is 0.240. The number of pyridine rings is 3. The number of nitrogens with zero attached hydrogens (tertiary/aromatic N) is 5. The van der Waals surface area contributed by atoms with Gasteiger partial charge in [0.25, 0.3) is 0 Å². The van der Waals surface area contributed by atoms with Gasteiger partial charge in [-0.25, -0.2) is 14.4 Å². The van der Waals surface area contributed by atoms with E-state index in [1.807, 2.05) is 36.4 Å². The zero-order valence-corrected chi connectivity index (χ0v) is 21.5. The molecular weight excluding hydrogens is 507 g/mol. The molecule has 1 aromatic carbocycles. The highest BCUT2D eigenvalue weighted by Gasteiger charge is 2.22. The lowest BCUT2D eigenvalue weighted by atomic mass is 9.88. The molecule has 40 heavy (non-hydrogen) atoms. The second kappa shape index (κ2) is 9.96. The van der Waals surface area contributed by atoms with Crippen molar-refractivity contribution in [1.82, 2.24) is 35.1 Å². The van der Waals surface area contributed by atoms with Gasteiger partial charge in [-0.05, 0) is 54.8 Å². The second-order valence-electron chi connectivity index (χ2n) is 10.1. The third-order valence-electron chi connectivity index (χ3n) is 7.50. The van der Waals surface area contributed by atoms with Crippen LogP contribution in [0.3, 0.4) is 0 Å². The number of amides is 1. The summed E-state index contributed by atoms with van der Waals surface area (Å²) < 4.78 is 15.3. The highest BCUT2D eigenvalue weighted by atomic mass is 19.1. The monoisotopic (exact) mass is 532 g/mol. The predicted octanol–water partition coefficient (Wildman–Crippen LogP) is 6.28. The van der Waals surface area contributed by atoms with Gasteiger partial charge in [0.15, 0.2) is 17.3 Å². The van der Waals surface area contributed by atoms with Crippen LogP contribution in [0.25, 0.3) is 56.0 Å². The lowest BCUT2D eigenvalue weighted by Crippen LogP contribution is -2.24. The number of hydrogen-bond acceptors (Lipinski definition) is 6. The fraction of sp³-hybridized carbons (Fsp3) is 0.200. The van der Waals surface area contributed by atoms with Crippen molar-refractivity contribution in [2.75, 3.05) is 5.32 Å². The van der Waals surface area contributed by atoms with Gasteiger partial charge in [-0.3, -0.25) is 19.9 Å². The largest absolute Gasteiger partial charge is 0.335 e. The van der Waals surface area contributed by atoms with Gasteiger partial charge in [0.05, 0.1) is 23.1 Å². The summed E-state index contributed by atoms with van der Waals surface area (Å²) >= 11 is 0. The van der Waals surface area contributed by atoms with Crippen LogP contribution in [0.15, 0.2) is 67.3 Å². The van der Waals surface area contributed by atoms with E-state index in [1.165, 1.54) is 12.5 Å². The van der Waals surface area contributed by atoms with E-state index in [0.29, 0.717) is 39.4 Å². The molecule has 0 spiro atoms. The van der Waals surface area contributed by atoms with Crippen molar-refractivity contribution < 1.29 is 9.18 Å². The van der Waals surface area contributed by atoms with E-state index in [0.717, 1.165) is 42.5 Å². The van der Waals surface area contributed by atoms with Crippen molar-refractivity contribution in [3.8, 4) is 33.9 Å². The fourth-order valence-electron chi connectivity index (χ4n) is 5.46. The Morgan fingerprint density at radius 2 is 1.88 bits per heavy atom. The Hall–Kier alpha value is -4.99. The number of benzene rings is 1. The van der Waals surface area contributed by atoms with Crippen LogP contribution < -0.4 is 5.32 Å². The minimum atomic E-state index is -0.477. The number of imidazole rings is 1. The molecule has 0 saturated heterocycles. The molecule has 0 bridgehead atoms. The van der Waals surface area contributed by atoms with Gasteiger partial charge in [-0.2, -0.15) is 5.10 Å². The molecule has 7 rings (SSSR count). The van der Waals surface area contributed by atoms with Gasteiger partial charge in [-0.1, -0.05) is 25.3 Å². The normalized spacial score (nSPS) is 14.1. The number of hydrogen-bond donors (Lipinski definition) is 3. The Labute approximate surface area is 228 Å². The number of nitrogens with one attached hydrogen (secondary N) is 3. The molecule has 0 atom stereocenters. The SMILES string of the molecule is O=C(Nc1cncc(-c2cc(F)c3n[nH]c(-c4nc5nccc(-c6ccccn6)c5[nH]4)c3c2)c1)C1CCCCC1. The molecular formula is C30H25FN8O. The van der Waals surface area contributed by atoms with Gasteiger partial charge < -0.3 is 10.3 Å². The number of anilines is 1. The Kier molecular flexibility index (Phi) is 5.99. The van der Waals surface area contributed by atoms with E-state index < -0.39 is 5.82 Å². The first kappa shape index (κ1) is 24.1. The molecule has 1 amide bonds. The number of aromatic nitrogens is 7. The molecule has 1 saturated carbocycles. The zero-order valence-electron chi connectivity index (χ0n) is 21.5. The van der Waals surface area contributed by atoms with Crippen molar-refractivity contribution >= 4 is 33.7 Å². The van der Waals surface area contributed by atoms with Gasteiger partial charge in [0.2, 0.25) is 5.91 Å². The van der Waals surface area contributed by atoms with Gasteiger partial charge >= 0.3 is 0 Å². The summed E-state index contributed by atoms with van der Waals surface area (Å²) in [5, 5.41) is 10.7. The number of rotatable bonds is 5. The van der Waals surface area contributed by atoms with Crippen LogP contribution in [0.5, 0.6) is 0 Å². The van der Waals surface area contributed by atoms with Crippen LogP contribution in [0, 0.1) is 11.7 Å².